The van der Waals surface area contributed by atoms with Crippen LogP contribution in [0.1, 0.15) is 43.0 Å². The summed E-state index contributed by atoms with van der Waals surface area (Å²) >= 11 is 2.24. The van der Waals surface area contributed by atoms with Crippen molar-refractivity contribution < 1.29 is 9.53 Å². The molecule has 3 rings (SSSR count). The number of carbonyl (C=O) groups is 1. The number of ether oxygens (including phenoxy) is 1. The average Bonchev–Trinajstić information content (AvgIpc) is 2.72. The third-order valence-corrected chi connectivity index (χ3v) is 5.90. The van der Waals surface area contributed by atoms with Crippen molar-refractivity contribution in [2.75, 3.05) is 7.05 Å². The zero-order valence-electron chi connectivity index (χ0n) is 12.6. The molecule has 2 fully saturated rings. The van der Waals surface area contributed by atoms with Crippen LogP contribution in [0.4, 0.5) is 0 Å². The molecule has 0 unspecified atom stereocenters. The van der Waals surface area contributed by atoms with Gasteiger partial charge in [-0.15, -0.1) is 0 Å². The lowest BCUT2D eigenvalue weighted by molar-refractivity contribution is -0.0350. The van der Waals surface area contributed by atoms with Crippen molar-refractivity contribution in [3.8, 4) is 0 Å². The van der Waals surface area contributed by atoms with E-state index in [2.05, 4.69) is 41.5 Å². The minimum absolute atomic E-state index is 0.0791. The molecule has 0 amide bonds. The lowest BCUT2D eigenvalue weighted by Crippen LogP contribution is -2.50. The zero-order valence-corrected chi connectivity index (χ0v) is 14.7. The first-order valence-corrected chi connectivity index (χ1v) is 8.86. The predicted octanol–water partition coefficient (Wildman–Crippen LogP) is 3.71. The number of carbonyl (C=O) groups excluding carboxylic acids is 1. The van der Waals surface area contributed by atoms with Crippen molar-refractivity contribution in [3.63, 3.8) is 0 Å². The molecular formula is C17H22INO2. The number of esters is 1. The van der Waals surface area contributed by atoms with E-state index in [0.717, 1.165) is 16.4 Å². The molecule has 0 N–H and O–H groups in total. The van der Waals surface area contributed by atoms with Crippen molar-refractivity contribution in [1.82, 2.24) is 4.90 Å². The van der Waals surface area contributed by atoms with Gasteiger partial charge in [0.25, 0.3) is 0 Å². The third kappa shape index (κ3) is 2.97. The van der Waals surface area contributed by atoms with Crippen LogP contribution in [0.5, 0.6) is 0 Å². The van der Waals surface area contributed by atoms with E-state index >= 15 is 0 Å². The van der Waals surface area contributed by atoms with Crippen LogP contribution >= 0.6 is 22.6 Å². The number of piperidine rings is 1. The SMILES string of the molecule is CC[C@H]1[C@@H](OC(=O)c2ccc(I)cc2)C[C@@H]2CC[C@H]1N2C. The van der Waals surface area contributed by atoms with Gasteiger partial charge < -0.3 is 4.74 Å². The van der Waals surface area contributed by atoms with E-state index < -0.39 is 0 Å². The summed E-state index contributed by atoms with van der Waals surface area (Å²) in [7, 11) is 2.22. The monoisotopic (exact) mass is 399 g/mol. The largest absolute Gasteiger partial charge is 0.458 e. The Balaban J connectivity index is 1.72. The molecule has 114 valence electrons. The highest BCUT2D eigenvalue weighted by molar-refractivity contribution is 14.1. The Bertz CT molecular complexity index is 516. The number of hydrogen-bond donors (Lipinski definition) is 0. The fourth-order valence-electron chi connectivity index (χ4n) is 3.99. The fourth-order valence-corrected chi connectivity index (χ4v) is 4.35. The zero-order chi connectivity index (χ0) is 15.0. The molecule has 3 nitrogen and oxygen atoms in total. The van der Waals surface area contributed by atoms with Crippen LogP contribution in [0.25, 0.3) is 0 Å². The van der Waals surface area contributed by atoms with E-state index in [9.17, 15) is 4.79 Å². The first-order chi connectivity index (χ1) is 10.1. The Kier molecular flexibility index (Phi) is 4.54. The molecule has 0 radical (unpaired) electrons. The molecule has 2 bridgehead atoms. The van der Waals surface area contributed by atoms with Crippen LogP contribution in [-0.2, 0) is 4.74 Å². The van der Waals surface area contributed by atoms with E-state index in [1.165, 1.54) is 12.8 Å². The average molecular weight is 399 g/mol. The second kappa shape index (κ2) is 6.24. The van der Waals surface area contributed by atoms with Gasteiger partial charge in [-0.1, -0.05) is 6.92 Å². The number of halogens is 1. The summed E-state index contributed by atoms with van der Waals surface area (Å²) in [5.41, 5.74) is 0.663. The smallest absolute Gasteiger partial charge is 0.338 e. The van der Waals surface area contributed by atoms with Crippen LogP contribution in [0.2, 0.25) is 0 Å². The second-order valence-corrected chi connectivity index (χ2v) is 7.47. The Morgan fingerprint density at radius 1 is 1.33 bits per heavy atom. The Morgan fingerprint density at radius 2 is 2.05 bits per heavy atom. The highest BCUT2D eigenvalue weighted by Gasteiger charge is 2.46. The van der Waals surface area contributed by atoms with Crippen molar-refractivity contribution in [1.29, 1.82) is 0 Å². The molecule has 0 aromatic heterocycles. The van der Waals surface area contributed by atoms with Gasteiger partial charge in [0.2, 0.25) is 0 Å². The lowest BCUT2D eigenvalue weighted by Gasteiger charge is -2.42. The molecule has 1 aromatic carbocycles. The lowest BCUT2D eigenvalue weighted by atomic mass is 9.85. The number of nitrogens with zero attached hydrogens (tertiary/aromatic N) is 1. The molecule has 4 heteroatoms. The van der Waals surface area contributed by atoms with Crippen LogP contribution in [0.15, 0.2) is 24.3 Å². The summed E-state index contributed by atoms with van der Waals surface area (Å²) in [6.45, 7) is 2.21. The molecule has 2 aliphatic rings. The molecule has 0 spiro atoms. The van der Waals surface area contributed by atoms with Gasteiger partial charge in [0, 0.05) is 28.0 Å². The van der Waals surface area contributed by atoms with Gasteiger partial charge in [-0.2, -0.15) is 0 Å². The maximum atomic E-state index is 12.4. The Labute approximate surface area is 140 Å². The maximum Gasteiger partial charge on any atom is 0.338 e. The van der Waals surface area contributed by atoms with Crippen LogP contribution in [-0.4, -0.2) is 36.1 Å². The standard InChI is InChI=1S/C17H22INO2/c1-3-14-15-9-8-13(19(15)2)10-16(14)21-17(20)11-4-6-12(18)7-5-11/h4-7,13-16H,3,8-10H2,1-2H3/t13-,14+,15+,16-/m0/s1. The maximum absolute atomic E-state index is 12.4. The van der Waals surface area contributed by atoms with Crippen LogP contribution in [0, 0.1) is 9.49 Å². The molecule has 2 aliphatic heterocycles. The summed E-state index contributed by atoms with van der Waals surface area (Å²) in [6.07, 6.45) is 4.64. The van der Waals surface area contributed by atoms with Gasteiger partial charge in [0.05, 0.1) is 5.56 Å². The van der Waals surface area contributed by atoms with Crippen molar-refractivity contribution in [2.45, 2.75) is 50.8 Å². The van der Waals surface area contributed by atoms with Crippen molar-refractivity contribution in [2.24, 2.45) is 5.92 Å². The molecule has 0 saturated carbocycles. The summed E-state index contributed by atoms with van der Waals surface area (Å²) in [4.78, 5) is 14.9. The fraction of sp³-hybridized carbons (Fsp3) is 0.588. The quantitative estimate of drug-likeness (QED) is 0.574. The topological polar surface area (TPSA) is 29.5 Å². The van der Waals surface area contributed by atoms with E-state index in [4.69, 9.17) is 4.74 Å². The van der Waals surface area contributed by atoms with Gasteiger partial charge in [-0.05, 0) is 73.2 Å². The van der Waals surface area contributed by atoms with Crippen molar-refractivity contribution in [3.05, 3.63) is 33.4 Å². The Morgan fingerprint density at radius 3 is 2.71 bits per heavy atom. The third-order valence-electron chi connectivity index (χ3n) is 5.18. The summed E-state index contributed by atoms with van der Waals surface area (Å²) in [5, 5.41) is 0. The number of fused-ring (bicyclic) bond motifs is 2. The minimum atomic E-state index is -0.168. The van der Waals surface area contributed by atoms with Crippen LogP contribution < -0.4 is 0 Å². The molecule has 2 saturated heterocycles. The molecular weight excluding hydrogens is 377 g/mol. The van der Waals surface area contributed by atoms with E-state index in [0.29, 0.717) is 23.6 Å². The first kappa shape index (κ1) is 15.3. The van der Waals surface area contributed by atoms with Gasteiger partial charge in [0.15, 0.2) is 0 Å². The van der Waals surface area contributed by atoms with E-state index in [-0.39, 0.29) is 12.1 Å². The number of rotatable bonds is 3. The van der Waals surface area contributed by atoms with E-state index in [1.807, 2.05) is 24.3 Å². The highest BCUT2D eigenvalue weighted by Crippen LogP contribution is 2.41. The van der Waals surface area contributed by atoms with E-state index in [1.54, 1.807) is 0 Å². The molecule has 21 heavy (non-hydrogen) atoms. The minimum Gasteiger partial charge on any atom is -0.458 e. The number of hydrogen-bond acceptors (Lipinski definition) is 3. The molecule has 2 heterocycles. The van der Waals surface area contributed by atoms with Gasteiger partial charge in [-0.3, -0.25) is 4.90 Å². The van der Waals surface area contributed by atoms with Gasteiger partial charge in [-0.25, -0.2) is 4.79 Å². The first-order valence-electron chi connectivity index (χ1n) is 7.78. The summed E-state index contributed by atoms with van der Waals surface area (Å²) < 4.78 is 7.01. The van der Waals surface area contributed by atoms with Gasteiger partial charge in [0.1, 0.15) is 6.10 Å². The van der Waals surface area contributed by atoms with Gasteiger partial charge >= 0.3 is 5.97 Å². The van der Waals surface area contributed by atoms with Crippen molar-refractivity contribution >= 4 is 28.6 Å². The normalized spacial score (nSPS) is 32.1. The molecule has 1 aromatic rings. The number of benzene rings is 1. The molecule has 0 aliphatic carbocycles. The summed E-state index contributed by atoms with van der Waals surface area (Å²) in [6, 6.07) is 8.79. The molecule has 4 atom stereocenters. The Hall–Kier alpha value is -0.620. The predicted molar refractivity (Wildman–Crippen MR) is 91.3 cm³/mol. The van der Waals surface area contributed by atoms with Crippen LogP contribution in [0.3, 0.4) is 0 Å². The second-order valence-electron chi connectivity index (χ2n) is 6.22. The summed E-state index contributed by atoms with van der Waals surface area (Å²) in [5.74, 6) is 0.306. The highest BCUT2D eigenvalue weighted by atomic mass is 127.